The standard InChI is InChI=1S/C17H14FN3O3/c1-7-8(2)20-14-13(19-7)12(18)5-10-15(14)21(9-3-4-9)6-11(16(10)22)17(23)24/h5-6,9H,3-4H2,1-2H3,(H,23,24). The Balaban J connectivity index is 2.28. The third-order valence-electron chi connectivity index (χ3n) is 4.47. The lowest BCUT2D eigenvalue weighted by molar-refractivity contribution is 0.0695. The first-order valence-electron chi connectivity index (χ1n) is 7.64. The van der Waals surface area contributed by atoms with Gasteiger partial charge >= 0.3 is 5.97 Å². The molecule has 1 N–H and O–H groups in total. The molecule has 0 atom stereocenters. The number of hydrogen-bond acceptors (Lipinski definition) is 4. The molecular formula is C17H14FN3O3. The molecule has 0 amide bonds. The highest BCUT2D eigenvalue weighted by molar-refractivity contribution is 6.04. The van der Waals surface area contributed by atoms with Crippen molar-refractivity contribution >= 4 is 27.9 Å². The van der Waals surface area contributed by atoms with Gasteiger partial charge in [-0.2, -0.15) is 0 Å². The van der Waals surface area contributed by atoms with E-state index in [1.54, 1.807) is 18.4 Å². The number of benzene rings is 1. The molecule has 3 aromatic rings. The summed E-state index contributed by atoms with van der Waals surface area (Å²) >= 11 is 0. The lowest BCUT2D eigenvalue weighted by Gasteiger charge is -2.14. The largest absolute Gasteiger partial charge is 0.477 e. The molecule has 1 fully saturated rings. The third kappa shape index (κ3) is 2.01. The Morgan fingerprint density at radius 3 is 2.46 bits per heavy atom. The van der Waals surface area contributed by atoms with E-state index in [1.165, 1.54) is 6.20 Å². The van der Waals surface area contributed by atoms with Crippen molar-refractivity contribution in [3.8, 4) is 0 Å². The molecule has 0 spiro atoms. The molecule has 24 heavy (non-hydrogen) atoms. The zero-order chi connectivity index (χ0) is 17.2. The summed E-state index contributed by atoms with van der Waals surface area (Å²) in [4.78, 5) is 32.6. The average Bonchev–Trinajstić information content (AvgIpc) is 3.35. The van der Waals surface area contributed by atoms with Crippen LogP contribution in [0.4, 0.5) is 4.39 Å². The Morgan fingerprint density at radius 1 is 1.25 bits per heavy atom. The smallest absolute Gasteiger partial charge is 0.341 e. The third-order valence-corrected chi connectivity index (χ3v) is 4.47. The SMILES string of the molecule is Cc1nc2c(F)cc3c(=O)c(C(=O)O)cn(C4CC4)c3c2nc1C. The van der Waals surface area contributed by atoms with E-state index in [9.17, 15) is 19.1 Å². The van der Waals surface area contributed by atoms with Crippen LogP contribution in [0.1, 0.15) is 40.6 Å². The van der Waals surface area contributed by atoms with Gasteiger partial charge in [-0.05, 0) is 32.8 Å². The van der Waals surface area contributed by atoms with Crippen LogP contribution in [0.3, 0.4) is 0 Å². The van der Waals surface area contributed by atoms with Crippen molar-refractivity contribution < 1.29 is 14.3 Å². The molecule has 122 valence electrons. The van der Waals surface area contributed by atoms with Gasteiger partial charge in [-0.3, -0.25) is 4.79 Å². The first kappa shape index (κ1) is 14.7. The van der Waals surface area contributed by atoms with Gasteiger partial charge in [0, 0.05) is 12.2 Å². The number of fused-ring (bicyclic) bond motifs is 3. The molecule has 6 nitrogen and oxygen atoms in total. The summed E-state index contributed by atoms with van der Waals surface area (Å²) < 4.78 is 16.2. The minimum absolute atomic E-state index is 0.0318. The Kier molecular flexibility index (Phi) is 2.97. The van der Waals surface area contributed by atoms with Crippen LogP contribution in [-0.4, -0.2) is 25.6 Å². The number of carboxylic acids is 1. The molecule has 0 bridgehead atoms. The van der Waals surface area contributed by atoms with Crippen LogP contribution in [0, 0.1) is 19.7 Å². The van der Waals surface area contributed by atoms with Crippen LogP contribution in [0.2, 0.25) is 0 Å². The number of carbonyl (C=O) groups is 1. The number of pyridine rings is 1. The van der Waals surface area contributed by atoms with Crippen LogP contribution in [0.15, 0.2) is 17.1 Å². The minimum atomic E-state index is -1.32. The number of nitrogens with zero attached hydrogens (tertiary/aromatic N) is 3. The predicted molar refractivity (Wildman–Crippen MR) is 86.0 cm³/mol. The van der Waals surface area contributed by atoms with Crippen LogP contribution in [0.5, 0.6) is 0 Å². The maximum atomic E-state index is 14.5. The van der Waals surface area contributed by atoms with Crippen LogP contribution < -0.4 is 5.43 Å². The fourth-order valence-electron chi connectivity index (χ4n) is 2.96. The highest BCUT2D eigenvalue weighted by atomic mass is 19.1. The van der Waals surface area contributed by atoms with Crippen LogP contribution in [0.25, 0.3) is 21.9 Å². The van der Waals surface area contributed by atoms with Crippen molar-refractivity contribution in [2.75, 3.05) is 0 Å². The van der Waals surface area contributed by atoms with Gasteiger partial charge in [0.25, 0.3) is 0 Å². The number of aromatic nitrogens is 3. The van der Waals surface area contributed by atoms with Gasteiger partial charge in [0.15, 0.2) is 5.82 Å². The lowest BCUT2D eigenvalue weighted by Crippen LogP contribution is -2.19. The van der Waals surface area contributed by atoms with Crippen molar-refractivity contribution in [2.45, 2.75) is 32.7 Å². The monoisotopic (exact) mass is 327 g/mol. The highest BCUT2D eigenvalue weighted by Crippen LogP contribution is 2.38. The molecular weight excluding hydrogens is 313 g/mol. The molecule has 0 unspecified atom stereocenters. The quantitative estimate of drug-likeness (QED) is 0.732. The van der Waals surface area contributed by atoms with Gasteiger partial charge in [-0.25, -0.2) is 19.2 Å². The molecule has 1 aromatic carbocycles. The second-order valence-corrected chi connectivity index (χ2v) is 6.16. The maximum absolute atomic E-state index is 14.5. The van der Waals surface area contributed by atoms with Crippen molar-refractivity contribution in [2.24, 2.45) is 0 Å². The summed E-state index contributed by atoms with van der Waals surface area (Å²) in [5.41, 5.74) is 1.06. The van der Waals surface area contributed by atoms with Crippen molar-refractivity contribution in [1.82, 2.24) is 14.5 Å². The van der Waals surface area contributed by atoms with Gasteiger partial charge in [0.05, 0.1) is 22.3 Å². The topological polar surface area (TPSA) is 85.1 Å². The van der Waals surface area contributed by atoms with E-state index in [-0.39, 0.29) is 22.5 Å². The van der Waals surface area contributed by atoms with E-state index in [2.05, 4.69) is 9.97 Å². The van der Waals surface area contributed by atoms with E-state index in [1.807, 2.05) is 0 Å². The Morgan fingerprint density at radius 2 is 1.88 bits per heavy atom. The number of aryl methyl sites for hydroxylation is 2. The van der Waals surface area contributed by atoms with E-state index in [4.69, 9.17) is 0 Å². The Hall–Kier alpha value is -2.83. The number of aromatic carboxylic acids is 1. The zero-order valence-corrected chi connectivity index (χ0v) is 13.1. The Bertz CT molecular complexity index is 1100. The van der Waals surface area contributed by atoms with Crippen molar-refractivity contribution in [3.63, 3.8) is 0 Å². The second-order valence-electron chi connectivity index (χ2n) is 6.16. The average molecular weight is 327 g/mol. The van der Waals surface area contributed by atoms with Gasteiger partial charge in [-0.1, -0.05) is 0 Å². The van der Waals surface area contributed by atoms with Crippen LogP contribution >= 0.6 is 0 Å². The molecule has 0 radical (unpaired) electrons. The summed E-state index contributed by atoms with van der Waals surface area (Å²) in [7, 11) is 0. The molecule has 2 aromatic heterocycles. The van der Waals surface area contributed by atoms with Crippen molar-refractivity contribution in [1.29, 1.82) is 0 Å². The summed E-state index contributed by atoms with van der Waals surface area (Å²) in [6.07, 6.45) is 3.11. The van der Waals surface area contributed by atoms with Crippen molar-refractivity contribution in [3.05, 3.63) is 45.3 Å². The molecule has 4 rings (SSSR count). The molecule has 1 saturated carbocycles. The minimum Gasteiger partial charge on any atom is -0.477 e. The normalized spacial score (nSPS) is 14.5. The fraction of sp³-hybridized carbons (Fsp3) is 0.294. The number of rotatable bonds is 2. The summed E-state index contributed by atoms with van der Waals surface area (Å²) in [5, 5.41) is 9.31. The van der Waals surface area contributed by atoms with E-state index < -0.39 is 17.2 Å². The molecule has 0 saturated heterocycles. The summed E-state index contributed by atoms with van der Waals surface area (Å²) in [6, 6.07) is 1.18. The lowest BCUT2D eigenvalue weighted by atomic mass is 10.1. The summed E-state index contributed by atoms with van der Waals surface area (Å²) in [6.45, 7) is 3.51. The Labute approximate surface area is 135 Å². The number of halogens is 1. The molecule has 7 heteroatoms. The van der Waals surface area contributed by atoms with E-state index in [0.717, 1.165) is 18.9 Å². The van der Waals surface area contributed by atoms with Gasteiger partial charge in [0.2, 0.25) is 5.43 Å². The van der Waals surface area contributed by atoms with Gasteiger partial charge < -0.3 is 9.67 Å². The predicted octanol–water partition coefficient (Wildman–Crippen LogP) is 2.73. The molecule has 0 aliphatic heterocycles. The van der Waals surface area contributed by atoms with Gasteiger partial charge in [0.1, 0.15) is 16.6 Å². The number of hydrogen-bond donors (Lipinski definition) is 1. The van der Waals surface area contributed by atoms with Crippen LogP contribution in [-0.2, 0) is 0 Å². The maximum Gasteiger partial charge on any atom is 0.341 e. The summed E-state index contributed by atoms with van der Waals surface area (Å²) in [5.74, 6) is -1.99. The molecule has 2 heterocycles. The van der Waals surface area contributed by atoms with E-state index >= 15 is 0 Å². The molecule has 1 aliphatic rings. The first-order valence-corrected chi connectivity index (χ1v) is 7.64. The van der Waals surface area contributed by atoms with Gasteiger partial charge in [-0.15, -0.1) is 0 Å². The first-order chi connectivity index (χ1) is 11.4. The highest BCUT2D eigenvalue weighted by Gasteiger charge is 2.28. The molecule has 1 aliphatic carbocycles. The number of carboxylic acid groups (broad SMARTS) is 1. The second kappa shape index (κ2) is 4.83. The zero-order valence-electron chi connectivity index (χ0n) is 13.1. The van der Waals surface area contributed by atoms with E-state index in [0.29, 0.717) is 22.4 Å². The fourth-order valence-corrected chi connectivity index (χ4v) is 2.96.